The van der Waals surface area contributed by atoms with Crippen molar-refractivity contribution in [3.05, 3.63) is 48.4 Å². The summed E-state index contributed by atoms with van der Waals surface area (Å²) in [5, 5.41) is 4.70. The van der Waals surface area contributed by atoms with E-state index >= 15 is 0 Å². The number of nitrogens with two attached hydrogens (primary N) is 1. The van der Waals surface area contributed by atoms with Gasteiger partial charge in [-0.1, -0.05) is 0 Å². The minimum atomic E-state index is -2.57. The van der Waals surface area contributed by atoms with Crippen LogP contribution in [0.2, 0.25) is 0 Å². The molecular formula is C27H32F2N6. The highest BCUT2D eigenvalue weighted by molar-refractivity contribution is 5.71. The molecule has 1 aromatic carbocycles. The van der Waals surface area contributed by atoms with Crippen molar-refractivity contribution in [3.8, 4) is 16.8 Å². The van der Waals surface area contributed by atoms with E-state index in [0.29, 0.717) is 18.5 Å². The van der Waals surface area contributed by atoms with E-state index in [1.807, 2.05) is 53.2 Å². The van der Waals surface area contributed by atoms with Gasteiger partial charge in [-0.15, -0.1) is 0 Å². The van der Waals surface area contributed by atoms with E-state index in [4.69, 9.17) is 10.8 Å². The van der Waals surface area contributed by atoms with Crippen LogP contribution in [0.15, 0.2) is 42.7 Å². The fraction of sp³-hybridized carbons (Fsp3) is 0.481. The van der Waals surface area contributed by atoms with Gasteiger partial charge in [0.15, 0.2) is 0 Å². The van der Waals surface area contributed by atoms with E-state index in [0.717, 1.165) is 52.8 Å². The molecule has 0 bridgehead atoms. The van der Waals surface area contributed by atoms with Crippen molar-refractivity contribution in [3.63, 3.8) is 0 Å². The first-order valence-corrected chi connectivity index (χ1v) is 12.6. The number of hydrogen-bond donors (Lipinski definition) is 1. The van der Waals surface area contributed by atoms with E-state index in [1.54, 1.807) is 0 Å². The Kier molecular flexibility index (Phi) is 5.23. The van der Waals surface area contributed by atoms with E-state index < -0.39 is 5.92 Å². The minimum Gasteiger partial charge on any atom is -0.399 e. The average molecular weight is 479 g/mol. The number of piperidine rings is 2. The smallest absolute Gasteiger partial charge is 0.251 e. The molecule has 3 fully saturated rings. The van der Waals surface area contributed by atoms with Crippen LogP contribution in [-0.4, -0.2) is 46.9 Å². The highest BCUT2D eigenvalue weighted by Crippen LogP contribution is 2.54. The predicted molar refractivity (Wildman–Crippen MR) is 135 cm³/mol. The first kappa shape index (κ1) is 22.3. The molecule has 8 heteroatoms. The molecule has 3 aromatic rings. The van der Waals surface area contributed by atoms with Gasteiger partial charge in [0.1, 0.15) is 5.82 Å². The van der Waals surface area contributed by atoms with Crippen LogP contribution >= 0.6 is 0 Å². The SMILES string of the molecule is Cc1cc(-c2cnn(-c3ccc(N)cc3N3CCC4(CC3)CC4)c2)cc(N2CCC(F)(F)CC2)n1. The predicted octanol–water partition coefficient (Wildman–Crippen LogP) is 5.44. The molecule has 2 aromatic heterocycles. The van der Waals surface area contributed by atoms with E-state index in [2.05, 4.69) is 16.0 Å². The molecule has 1 spiro atoms. The molecule has 6 nitrogen and oxygen atoms in total. The summed E-state index contributed by atoms with van der Waals surface area (Å²) in [6.07, 6.45) is 8.87. The third-order valence-corrected chi connectivity index (χ3v) is 8.04. The number of hydrogen-bond acceptors (Lipinski definition) is 5. The molecule has 0 amide bonds. The lowest BCUT2D eigenvalue weighted by atomic mass is 9.93. The number of aromatic nitrogens is 3. The van der Waals surface area contributed by atoms with Gasteiger partial charge in [-0.2, -0.15) is 5.10 Å². The molecule has 2 saturated heterocycles. The Hall–Kier alpha value is -3.16. The van der Waals surface area contributed by atoms with Gasteiger partial charge in [-0.05, 0) is 73.9 Å². The standard InChI is InChI=1S/C27H32F2N6/c1-19-14-20(15-25(32-19)34-12-8-27(28,29)9-13-34)21-17-31-35(18-21)23-3-2-22(30)16-24(23)33-10-6-26(4-5-26)7-11-33/h2-3,14-18H,4-13,30H2,1H3. The Balaban J connectivity index is 1.28. The van der Waals surface area contributed by atoms with Crippen molar-refractivity contribution in [2.24, 2.45) is 5.41 Å². The zero-order valence-electron chi connectivity index (χ0n) is 20.2. The first-order valence-electron chi connectivity index (χ1n) is 12.6. The van der Waals surface area contributed by atoms with Crippen LogP contribution in [0.5, 0.6) is 0 Å². The lowest BCUT2D eigenvalue weighted by Gasteiger charge is -2.35. The summed E-state index contributed by atoms with van der Waals surface area (Å²) in [4.78, 5) is 9.03. The lowest BCUT2D eigenvalue weighted by molar-refractivity contribution is -0.0221. The number of anilines is 3. The van der Waals surface area contributed by atoms with Crippen LogP contribution in [0.4, 0.5) is 26.0 Å². The van der Waals surface area contributed by atoms with Gasteiger partial charge in [-0.3, -0.25) is 0 Å². The summed E-state index contributed by atoms with van der Waals surface area (Å²) in [6.45, 7) is 4.66. The molecule has 35 heavy (non-hydrogen) atoms. The number of aryl methyl sites for hydroxylation is 1. The minimum absolute atomic E-state index is 0.132. The van der Waals surface area contributed by atoms with Crippen molar-refractivity contribution in [1.82, 2.24) is 14.8 Å². The first-order chi connectivity index (χ1) is 16.8. The van der Waals surface area contributed by atoms with Crippen LogP contribution in [0.25, 0.3) is 16.8 Å². The number of benzene rings is 1. The summed E-state index contributed by atoms with van der Waals surface area (Å²) in [6, 6.07) is 10.0. The molecule has 4 heterocycles. The summed E-state index contributed by atoms with van der Waals surface area (Å²) in [5.74, 6) is -1.83. The molecule has 0 atom stereocenters. The number of rotatable bonds is 4. The molecule has 0 radical (unpaired) electrons. The van der Waals surface area contributed by atoms with Gasteiger partial charge in [0.25, 0.3) is 5.92 Å². The topological polar surface area (TPSA) is 63.2 Å². The molecule has 1 saturated carbocycles. The normalized spacial score (nSPS) is 20.9. The van der Waals surface area contributed by atoms with Gasteiger partial charge in [0.2, 0.25) is 0 Å². The van der Waals surface area contributed by atoms with E-state index in [1.165, 1.54) is 25.7 Å². The Labute approximate surface area is 204 Å². The number of alkyl halides is 2. The second-order valence-corrected chi connectivity index (χ2v) is 10.6. The van der Waals surface area contributed by atoms with Crippen molar-refractivity contribution in [1.29, 1.82) is 0 Å². The third-order valence-electron chi connectivity index (χ3n) is 8.04. The molecule has 2 N–H and O–H groups in total. The molecule has 2 aliphatic heterocycles. The molecule has 3 aliphatic rings. The molecule has 184 valence electrons. The van der Waals surface area contributed by atoms with Gasteiger partial charge in [0, 0.05) is 62.2 Å². The number of pyridine rings is 1. The highest BCUT2D eigenvalue weighted by Gasteiger charge is 2.44. The van der Waals surface area contributed by atoms with Crippen LogP contribution in [0, 0.1) is 12.3 Å². The lowest BCUT2D eigenvalue weighted by Crippen LogP contribution is -2.39. The monoisotopic (exact) mass is 478 g/mol. The van der Waals surface area contributed by atoms with E-state index in [9.17, 15) is 8.78 Å². The van der Waals surface area contributed by atoms with Crippen LogP contribution < -0.4 is 15.5 Å². The number of nitrogens with zero attached hydrogens (tertiary/aromatic N) is 5. The molecule has 0 unspecified atom stereocenters. The van der Waals surface area contributed by atoms with Gasteiger partial charge in [0.05, 0.1) is 17.6 Å². The number of halogens is 2. The van der Waals surface area contributed by atoms with Crippen LogP contribution in [0.1, 0.15) is 44.2 Å². The summed E-state index contributed by atoms with van der Waals surface area (Å²) < 4.78 is 29.2. The Morgan fingerprint density at radius 1 is 0.829 bits per heavy atom. The average Bonchev–Trinajstić information content (AvgIpc) is 3.39. The maximum atomic E-state index is 13.6. The summed E-state index contributed by atoms with van der Waals surface area (Å²) in [5.41, 5.74) is 12.5. The summed E-state index contributed by atoms with van der Waals surface area (Å²) >= 11 is 0. The van der Waals surface area contributed by atoms with Gasteiger partial charge in [-0.25, -0.2) is 18.4 Å². The van der Waals surface area contributed by atoms with Gasteiger partial charge >= 0.3 is 0 Å². The molecular weight excluding hydrogens is 446 g/mol. The maximum Gasteiger partial charge on any atom is 0.251 e. The second kappa shape index (κ2) is 8.21. The highest BCUT2D eigenvalue weighted by atomic mass is 19.3. The van der Waals surface area contributed by atoms with Crippen molar-refractivity contribution in [2.45, 2.75) is 51.4 Å². The van der Waals surface area contributed by atoms with Crippen molar-refractivity contribution < 1.29 is 8.78 Å². The Morgan fingerprint density at radius 3 is 2.26 bits per heavy atom. The number of nitrogen functional groups attached to an aromatic ring is 1. The Bertz CT molecular complexity index is 1230. The maximum absolute atomic E-state index is 13.6. The third kappa shape index (κ3) is 4.46. The quantitative estimate of drug-likeness (QED) is 0.506. The fourth-order valence-corrected chi connectivity index (χ4v) is 5.53. The van der Waals surface area contributed by atoms with E-state index in [-0.39, 0.29) is 12.8 Å². The largest absolute Gasteiger partial charge is 0.399 e. The molecule has 6 rings (SSSR count). The molecule has 1 aliphatic carbocycles. The second-order valence-electron chi connectivity index (χ2n) is 10.6. The fourth-order valence-electron chi connectivity index (χ4n) is 5.53. The summed E-state index contributed by atoms with van der Waals surface area (Å²) in [7, 11) is 0. The van der Waals surface area contributed by atoms with Crippen LogP contribution in [0.3, 0.4) is 0 Å². The Morgan fingerprint density at radius 2 is 1.54 bits per heavy atom. The zero-order chi connectivity index (χ0) is 24.2. The van der Waals surface area contributed by atoms with Crippen LogP contribution in [-0.2, 0) is 0 Å². The van der Waals surface area contributed by atoms with Crippen molar-refractivity contribution >= 4 is 17.2 Å². The zero-order valence-corrected chi connectivity index (χ0v) is 20.2. The van der Waals surface area contributed by atoms with Crippen molar-refractivity contribution in [2.75, 3.05) is 41.7 Å². The van der Waals surface area contributed by atoms with Gasteiger partial charge < -0.3 is 15.5 Å².